The fourth-order valence-electron chi connectivity index (χ4n) is 5.91. The van der Waals surface area contributed by atoms with Gasteiger partial charge in [-0.15, -0.1) is 0 Å². The van der Waals surface area contributed by atoms with E-state index in [0.717, 1.165) is 28.2 Å². The van der Waals surface area contributed by atoms with Crippen LogP contribution in [0.3, 0.4) is 0 Å². The van der Waals surface area contributed by atoms with Crippen LogP contribution in [0.4, 0.5) is 0 Å². The lowest BCUT2D eigenvalue weighted by Gasteiger charge is -2.27. The predicted molar refractivity (Wildman–Crippen MR) is 166 cm³/mol. The molecule has 6 aromatic rings. The minimum absolute atomic E-state index is 0.965. The second-order valence-electron chi connectivity index (χ2n) is 12.5. The van der Waals surface area contributed by atoms with Crippen LogP contribution in [0.1, 0.15) is 5.69 Å². The van der Waals surface area contributed by atoms with Gasteiger partial charge in [0, 0.05) is 22.2 Å². The van der Waals surface area contributed by atoms with Crippen LogP contribution in [-0.4, -0.2) is 25.7 Å². The molecule has 0 N–H and O–H groups in total. The van der Waals surface area contributed by atoms with Crippen molar-refractivity contribution in [2.75, 3.05) is 0 Å². The van der Waals surface area contributed by atoms with Crippen LogP contribution < -0.4 is 14.9 Å². The maximum Gasteiger partial charge on any atom is 0.296 e. The van der Waals surface area contributed by atoms with Gasteiger partial charge in [-0.3, -0.25) is 4.98 Å². The van der Waals surface area contributed by atoms with E-state index in [4.69, 9.17) is 9.40 Å². The van der Waals surface area contributed by atoms with Gasteiger partial charge in [0.1, 0.15) is 16.9 Å². The highest BCUT2D eigenvalue weighted by Gasteiger charge is 2.39. The van der Waals surface area contributed by atoms with E-state index in [0.29, 0.717) is 0 Å². The predicted octanol–water partition coefficient (Wildman–Crippen LogP) is 6.82. The van der Waals surface area contributed by atoms with Crippen LogP contribution in [0.15, 0.2) is 77.3 Å². The zero-order chi connectivity index (χ0) is 27.0. The number of pyridine rings is 1. The SMILES string of the molecule is Cc1ncccc1-c1n(-c2c([Si](C)(C)C)cc3c(oc4ccccc43)c2[Si](C)(C)C)c2ccccc2[n+]1C. The summed E-state index contributed by atoms with van der Waals surface area (Å²) in [6, 6.07) is 24.0. The number of benzene rings is 3. The lowest BCUT2D eigenvalue weighted by atomic mass is 10.1. The summed E-state index contributed by atoms with van der Waals surface area (Å²) in [5.74, 6) is 1.16. The molecule has 0 aliphatic heterocycles. The van der Waals surface area contributed by atoms with E-state index in [9.17, 15) is 0 Å². The molecule has 0 unspecified atom stereocenters. The van der Waals surface area contributed by atoms with Crippen LogP contribution >= 0.6 is 0 Å². The maximum atomic E-state index is 6.75. The molecule has 0 saturated heterocycles. The first-order valence-corrected chi connectivity index (χ1v) is 20.4. The highest BCUT2D eigenvalue weighted by Crippen LogP contribution is 2.34. The zero-order valence-electron chi connectivity index (χ0n) is 23.7. The topological polar surface area (TPSA) is 34.8 Å². The second kappa shape index (κ2) is 8.51. The van der Waals surface area contributed by atoms with Crippen molar-refractivity contribution in [2.45, 2.75) is 46.2 Å². The summed E-state index contributed by atoms with van der Waals surface area (Å²) in [5, 5.41) is 5.32. The van der Waals surface area contributed by atoms with Gasteiger partial charge in [-0.25, -0.2) is 4.57 Å². The molecule has 0 radical (unpaired) electrons. The van der Waals surface area contributed by atoms with Crippen LogP contribution in [0, 0.1) is 6.92 Å². The van der Waals surface area contributed by atoms with Crippen LogP contribution in [-0.2, 0) is 7.05 Å². The average Bonchev–Trinajstić information content (AvgIpc) is 3.37. The molecule has 3 heterocycles. The third-order valence-electron chi connectivity index (χ3n) is 7.68. The number of nitrogens with zero attached hydrogens (tertiary/aromatic N) is 3. The lowest BCUT2D eigenvalue weighted by Crippen LogP contribution is -2.49. The number of para-hydroxylation sites is 3. The van der Waals surface area contributed by atoms with Gasteiger partial charge < -0.3 is 4.42 Å². The van der Waals surface area contributed by atoms with E-state index in [-0.39, 0.29) is 0 Å². The molecule has 4 nitrogen and oxygen atoms in total. The molecule has 0 amide bonds. The summed E-state index contributed by atoms with van der Waals surface area (Å²) < 4.78 is 11.6. The van der Waals surface area contributed by atoms with Crippen molar-refractivity contribution in [1.29, 1.82) is 0 Å². The quantitative estimate of drug-likeness (QED) is 0.184. The largest absolute Gasteiger partial charge is 0.456 e. The van der Waals surface area contributed by atoms with Crippen LogP contribution in [0.5, 0.6) is 0 Å². The van der Waals surface area contributed by atoms with Gasteiger partial charge in [0.15, 0.2) is 11.0 Å². The Morgan fingerprint density at radius 2 is 1.53 bits per heavy atom. The Labute approximate surface area is 226 Å². The second-order valence-corrected chi connectivity index (χ2v) is 22.5. The summed E-state index contributed by atoms with van der Waals surface area (Å²) in [7, 11) is -1.58. The summed E-state index contributed by atoms with van der Waals surface area (Å²) in [6.07, 6.45) is 1.88. The van der Waals surface area contributed by atoms with Gasteiger partial charge in [-0.2, -0.15) is 4.57 Å². The van der Waals surface area contributed by atoms with Crippen molar-refractivity contribution in [1.82, 2.24) is 9.55 Å². The molecule has 6 heteroatoms. The maximum absolute atomic E-state index is 6.75. The fraction of sp³-hybridized carbons (Fsp3) is 0.250. The molecule has 0 atom stereocenters. The molecule has 6 rings (SSSR count). The Bertz CT molecular complexity index is 1870. The van der Waals surface area contributed by atoms with E-state index in [1.54, 1.807) is 0 Å². The number of aryl methyl sites for hydroxylation is 2. The van der Waals surface area contributed by atoms with Gasteiger partial charge in [-0.05, 0) is 48.5 Å². The summed E-state index contributed by atoms with van der Waals surface area (Å²) >= 11 is 0. The number of fused-ring (bicyclic) bond motifs is 4. The van der Waals surface area contributed by atoms with E-state index < -0.39 is 16.1 Å². The standard InChI is InChI=1S/C32H36N3OSi2/c1-21-22(15-13-19-33-21)32-34(2)25-16-10-11-17-26(25)35(32)29-28(37(3,4)5)20-24-23-14-9-12-18-27(23)36-30(24)31(29)38(6,7)8/h9-20H,1-8H3/q+1. The number of furan rings is 1. The molecular formula is C32H36N3OSi2+. The Balaban J connectivity index is 1.91. The highest BCUT2D eigenvalue weighted by atomic mass is 28.3. The van der Waals surface area contributed by atoms with Gasteiger partial charge >= 0.3 is 0 Å². The van der Waals surface area contributed by atoms with E-state index in [2.05, 4.69) is 123 Å². The van der Waals surface area contributed by atoms with Crippen molar-refractivity contribution in [3.63, 3.8) is 0 Å². The minimum Gasteiger partial charge on any atom is -0.456 e. The monoisotopic (exact) mass is 534 g/mol. The molecule has 38 heavy (non-hydrogen) atoms. The Hall–Kier alpha value is -3.49. The molecule has 192 valence electrons. The molecule has 3 aromatic heterocycles. The van der Waals surface area contributed by atoms with Gasteiger partial charge in [0.2, 0.25) is 0 Å². The Morgan fingerprint density at radius 1 is 0.816 bits per heavy atom. The minimum atomic E-state index is -1.93. The van der Waals surface area contributed by atoms with Gasteiger partial charge in [-0.1, -0.05) is 69.6 Å². The zero-order valence-corrected chi connectivity index (χ0v) is 25.7. The molecule has 3 aromatic carbocycles. The van der Waals surface area contributed by atoms with Gasteiger partial charge in [0.05, 0.1) is 34.5 Å². The first kappa shape index (κ1) is 24.8. The number of aromatic nitrogens is 3. The average molecular weight is 535 g/mol. The summed E-state index contributed by atoms with van der Waals surface area (Å²) in [5.41, 5.74) is 7.94. The highest BCUT2D eigenvalue weighted by molar-refractivity contribution is 6.94. The summed E-state index contributed by atoms with van der Waals surface area (Å²) in [6.45, 7) is 16.9. The Kier molecular flexibility index (Phi) is 5.56. The van der Waals surface area contributed by atoms with Crippen LogP contribution in [0.2, 0.25) is 39.3 Å². The lowest BCUT2D eigenvalue weighted by molar-refractivity contribution is -0.633. The molecule has 0 spiro atoms. The van der Waals surface area contributed by atoms with Crippen molar-refractivity contribution in [2.24, 2.45) is 7.05 Å². The third-order valence-corrected chi connectivity index (χ3v) is 11.6. The van der Waals surface area contributed by atoms with Crippen LogP contribution in [0.25, 0.3) is 50.0 Å². The first-order valence-electron chi connectivity index (χ1n) is 13.4. The van der Waals surface area contributed by atoms with Gasteiger partial charge in [0.25, 0.3) is 5.82 Å². The van der Waals surface area contributed by atoms with Crippen molar-refractivity contribution in [3.8, 4) is 17.1 Å². The first-order chi connectivity index (χ1) is 18.0. The van der Waals surface area contributed by atoms with E-state index >= 15 is 0 Å². The van der Waals surface area contributed by atoms with Crippen molar-refractivity contribution in [3.05, 3.63) is 78.6 Å². The molecule has 0 fully saturated rings. The Morgan fingerprint density at radius 3 is 2.24 bits per heavy atom. The molecule has 0 saturated carbocycles. The van der Waals surface area contributed by atoms with Crippen molar-refractivity contribution >= 4 is 59.5 Å². The normalized spacial score (nSPS) is 12.7. The molecular weight excluding hydrogens is 499 g/mol. The number of hydrogen-bond acceptors (Lipinski definition) is 2. The summed E-state index contributed by atoms with van der Waals surface area (Å²) in [4.78, 5) is 4.69. The van der Waals surface area contributed by atoms with Crippen molar-refractivity contribution < 1.29 is 8.98 Å². The molecule has 0 aliphatic rings. The smallest absolute Gasteiger partial charge is 0.296 e. The fourth-order valence-corrected chi connectivity index (χ4v) is 9.39. The number of rotatable bonds is 4. The number of hydrogen-bond donors (Lipinski definition) is 0. The van der Waals surface area contributed by atoms with E-state index in [1.165, 1.54) is 37.9 Å². The molecule has 0 bridgehead atoms. The van der Waals surface area contributed by atoms with E-state index in [1.807, 2.05) is 12.3 Å². The number of imidazole rings is 1. The third kappa shape index (κ3) is 3.69. The molecule has 0 aliphatic carbocycles.